The molecule has 0 unspecified atom stereocenters. The monoisotopic (exact) mass is 374 g/mol. The van der Waals surface area contributed by atoms with Gasteiger partial charge in [-0.25, -0.2) is 13.8 Å². The van der Waals surface area contributed by atoms with Crippen LogP contribution in [0.5, 0.6) is 11.5 Å². The van der Waals surface area contributed by atoms with Gasteiger partial charge in [-0.15, -0.1) is 0 Å². The molecule has 1 aliphatic heterocycles. The highest BCUT2D eigenvalue weighted by Gasteiger charge is 2.18. The Morgan fingerprint density at radius 2 is 2.15 bits per heavy atom. The Hall–Kier alpha value is -3.07. The van der Waals surface area contributed by atoms with E-state index in [1.807, 2.05) is 0 Å². The zero-order valence-electron chi connectivity index (χ0n) is 14.4. The molecule has 1 aromatic carbocycles. The van der Waals surface area contributed by atoms with Crippen molar-refractivity contribution in [2.75, 3.05) is 18.5 Å². The van der Waals surface area contributed by atoms with Gasteiger partial charge < -0.3 is 14.8 Å². The van der Waals surface area contributed by atoms with Crippen molar-refractivity contribution >= 4 is 17.0 Å². The van der Waals surface area contributed by atoms with Crippen molar-refractivity contribution in [1.29, 1.82) is 0 Å². The van der Waals surface area contributed by atoms with Crippen LogP contribution in [0.1, 0.15) is 6.42 Å². The van der Waals surface area contributed by atoms with E-state index < -0.39 is 17.2 Å². The van der Waals surface area contributed by atoms with Gasteiger partial charge in [-0.1, -0.05) is 0 Å². The van der Waals surface area contributed by atoms with Crippen molar-refractivity contribution in [3.05, 3.63) is 52.5 Å². The second-order valence-electron chi connectivity index (χ2n) is 6.23. The molecule has 1 aliphatic rings. The quantitative estimate of drug-likeness (QED) is 0.756. The molecule has 27 heavy (non-hydrogen) atoms. The van der Waals surface area contributed by atoms with Crippen LogP contribution in [0.15, 0.2) is 35.3 Å². The van der Waals surface area contributed by atoms with Crippen molar-refractivity contribution in [2.24, 2.45) is 7.05 Å². The standard InChI is InChI=1S/C18H16F2N4O3/c1-24-16-10(8-21-18(23-16)22-12-4-5-26-9-12)6-15(17(24)25)27-14-3-2-11(19)7-13(14)20/h2-3,6-8,12H,4-5,9H2,1H3,(H,21,22,23)/t12-/m1/s1. The van der Waals surface area contributed by atoms with Crippen LogP contribution in [-0.2, 0) is 11.8 Å². The van der Waals surface area contributed by atoms with Gasteiger partial charge in [0.1, 0.15) is 11.5 Å². The molecule has 0 spiro atoms. The third kappa shape index (κ3) is 3.45. The van der Waals surface area contributed by atoms with Crippen LogP contribution in [-0.4, -0.2) is 33.8 Å². The summed E-state index contributed by atoms with van der Waals surface area (Å²) < 4.78 is 38.8. The number of hydrogen-bond donors (Lipinski definition) is 1. The number of benzene rings is 1. The van der Waals surface area contributed by atoms with Gasteiger partial charge >= 0.3 is 0 Å². The van der Waals surface area contributed by atoms with Crippen molar-refractivity contribution in [3.63, 3.8) is 0 Å². The highest BCUT2D eigenvalue weighted by molar-refractivity contribution is 5.76. The largest absolute Gasteiger partial charge is 0.448 e. The summed E-state index contributed by atoms with van der Waals surface area (Å²) in [4.78, 5) is 21.2. The molecule has 1 atom stereocenters. The third-order valence-electron chi connectivity index (χ3n) is 4.29. The number of nitrogens with one attached hydrogen (secondary N) is 1. The lowest BCUT2D eigenvalue weighted by Gasteiger charge is -2.13. The number of aryl methyl sites for hydroxylation is 1. The number of aromatic nitrogens is 3. The van der Waals surface area contributed by atoms with Crippen LogP contribution in [0, 0.1) is 11.6 Å². The van der Waals surface area contributed by atoms with E-state index in [1.165, 1.54) is 17.7 Å². The van der Waals surface area contributed by atoms with Gasteiger partial charge in [-0.3, -0.25) is 9.36 Å². The zero-order valence-corrected chi connectivity index (χ0v) is 14.4. The van der Waals surface area contributed by atoms with Gasteiger partial charge in [0.15, 0.2) is 17.3 Å². The fourth-order valence-electron chi connectivity index (χ4n) is 2.87. The van der Waals surface area contributed by atoms with E-state index in [0.29, 0.717) is 36.3 Å². The number of fused-ring (bicyclic) bond motifs is 1. The lowest BCUT2D eigenvalue weighted by molar-refractivity contribution is 0.195. The minimum atomic E-state index is -0.897. The van der Waals surface area contributed by atoms with E-state index in [0.717, 1.165) is 18.6 Å². The first-order chi connectivity index (χ1) is 13.0. The van der Waals surface area contributed by atoms with Gasteiger partial charge in [0, 0.05) is 31.3 Å². The third-order valence-corrected chi connectivity index (χ3v) is 4.29. The minimum absolute atomic E-state index is 0.107. The molecule has 2 aromatic heterocycles. The van der Waals surface area contributed by atoms with Gasteiger partial charge in [-0.2, -0.15) is 4.98 Å². The molecule has 3 heterocycles. The van der Waals surface area contributed by atoms with Crippen LogP contribution in [0.25, 0.3) is 11.0 Å². The van der Waals surface area contributed by atoms with E-state index in [4.69, 9.17) is 9.47 Å². The Labute approximate surface area is 152 Å². The number of anilines is 1. The Bertz CT molecular complexity index is 1060. The average Bonchev–Trinajstić information content (AvgIpc) is 3.15. The maximum atomic E-state index is 13.8. The van der Waals surface area contributed by atoms with E-state index in [-0.39, 0.29) is 17.5 Å². The summed E-state index contributed by atoms with van der Waals surface area (Å²) in [5.41, 5.74) is -0.0941. The van der Waals surface area contributed by atoms with E-state index in [1.54, 1.807) is 6.20 Å². The smallest absolute Gasteiger partial charge is 0.294 e. The lowest BCUT2D eigenvalue weighted by Crippen LogP contribution is -2.22. The Kier molecular flexibility index (Phi) is 4.44. The maximum Gasteiger partial charge on any atom is 0.294 e. The molecular formula is C18H16F2N4O3. The Morgan fingerprint density at radius 1 is 1.30 bits per heavy atom. The zero-order chi connectivity index (χ0) is 19.0. The lowest BCUT2D eigenvalue weighted by atomic mass is 10.3. The van der Waals surface area contributed by atoms with Gasteiger partial charge in [0.25, 0.3) is 5.56 Å². The number of rotatable bonds is 4. The molecule has 3 aromatic rings. The van der Waals surface area contributed by atoms with Crippen molar-refractivity contribution in [1.82, 2.24) is 14.5 Å². The first kappa shape index (κ1) is 17.3. The fourth-order valence-corrected chi connectivity index (χ4v) is 2.87. The normalized spacial score (nSPS) is 16.6. The summed E-state index contributed by atoms with van der Waals surface area (Å²) in [6, 6.07) is 4.43. The number of hydrogen-bond acceptors (Lipinski definition) is 6. The molecule has 0 bridgehead atoms. The molecule has 0 aliphatic carbocycles. The van der Waals surface area contributed by atoms with Gasteiger partial charge in [0.05, 0.1) is 12.6 Å². The predicted molar refractivity (Wildman–Crippen MR) is 94.1 cm³/mol. The summed E-state index contributed by atoms with van der Waals surface area (Å²) in [6.45, 7) is 1.26. The SMILES string of the molecule is Cn1c(=O)c(Oc2ccc(F)cc2F)cc2cnc(N[C@@H]3CCOC3)nc21. The summed E-state index contributed by atoms with van der Waals surface area (Å²) >= 11 is 0. The molecule has 0 saturated carbocycles. The number of ether oxygens (including phenoxy) is 2. The molecule has 7 nitrogen and oxygen atoms in total. The van der Waals surface area contributed by atoms with Gasteiger partial charge in [0.2, 0.25) is 5.95 Å². The minimum Gasteiger partial charge on any atom is -0.448 e. The fraction of sp³-hybridized carbons (Fsp3) is 0.278. The first-order valence-electron chi connectivity index (χ1n) is 8.35. The average molecular weight is 374 g/mol. The molecule has 1 N–H and O–H groups in total. The second-order valence-corrected chi connectivity index (χ2v) is 6.23. The summed E-state index contributed by atoms with van der Waals surface area (Å²) in [6.07, 6.45) is 2.41. The number of halogens is 2. The molecule has 9 heteroatoms. The van der Waals surface area contributed by atoms with Crippen molar-refractivity contribution in [3.8, 4) is 11.5 Å². The molecule has 140 valence electrons. The van der Waals surface area contributed by atoms with Crippen LogP contribution in [0.3, 0.4) is 0 Å². The highest BCUT2D eigenvalue weighted by Crippen LogP contribution is 2.25. The molecule has 0 radical (unpaired) electrons. The van der Waals surface area contributed by atoms with Gasteiger partial charge in [-0.05, 0) is 24.6 Å². The Morgan fingerprint density at radius 3 is 2.89 bits per heavy atom. The van der Waals surface area contributed by atoms with E-state index in [2.05, 4.69) is 15.3 Å². The summed E-state index contributed by atoms with van der Waals surface area (Å²) in [5, 5.41) is 3.71. The predicted octanol–water partition coefficient (Wildman–Crippen LogP) is 2.60. The molecule has 1 saturated heterocycles. The van der Waals surface area contributed by atoms with E-state index in [9.17, 15) is 13.6 Å². The van der Waals surface area contributed by atoms with E-state index >= 15 is 0 Å². The topological polar surface area (TPSA) is 78.3 Å². The number of pyridine rings is 1. The molecule has 4 rings (SSSR count). The van der Waals surface area contributed by atoms with Crippen LogP contribution < -0.4 is 15.6 Å². The number of nitrogens with zero attached hydrogens (tertiary/aromatic N) is 3. The molecule has 0 amide bonds. The first-order valence-corrected chi connectivity index (χ1v) is 8.35. The van der Waals surface area contributed by atoms with Crippen LogP contribution >= 0.6 is 0 Å². The maximum absolute atomic E-state index is 13.8. The van der Waals surface area contributed by atoms with Crippen LogP contribution in [0.2, 0.25) is 0 Å². The molecule has 1 fully saturated rings. The molecular weight excluding hydrogens is 358 g/mol. The van der Waals surface area contributed by atoms with Crippen molar-refractivity contribution in [2.45, 2.75) is 12.5 Å². The van der Waals surface area contributed by atoms with Crippen molar-refractivity contribution < 1.29 is 18.3 Å². The second kappa shape index (κ2) is 6.92. The Balaban J connectivity index is 1.69. The summed E-state index contributed by atoms with van der Waals surface area (Å²) in [7, 11) is 1.54. The summed E-state index contributed by atoms with van der Waals surface area (Å²) in [5.74, 6) is -1.58. The highest BCUT2D eigenvalue weighted by atomic mass is 19.1. The van der Waals surface area contributed by atoms with Crippen LogP contribution in [0.4, 0.5) is 14.7 Å².